The van der Waals surface area contributed by atoms with Crippen molar-refractivity contribution >= 4 is 5.65 Å². The van der Waals surface area contributed by atoms with Crippen molar-refractivity contribution in [2.75, 3.05) is 39.3 Å². The van der Waals surface area contributed by atoms with Gasteiger partial charge in [-0.1, -0.05) is 6.07 Å². The minimum Gasteiger partial charge on any atom is -0.395 e. The molecule has 0 unspecified atom stereocenters. The fourth-order valence-electron chi connectivity index (χ4n) is 2.84. The van der Waals surface area contributed by atoms with Crippen LogP contribution in [-0.4, -0.2) is 63.6 Å². The van der Waals surface area contributed by atoms with Gasteiger partial charge in [-0.05, 0) is 31.6 Å². The third-order valence-corrected chi connectivity index (χ3v) is 3.90. The second-order valence-electron chi connectivity index (χ2n) is 5.39. The van der Waals surface area contributed by atoms with E-state index in [1.165, 1.54) is 0 Å². The van der Waals surface area contributed by atoms with E-state index in [0.29, 0.717) is 0 Å². The Balaban J connectivity index is 1.62. The third kappa shape index (κ3) is 3.17. The van der Waals surface area contributed by atoms with Gasteiger partial charge in [-0.15, -0.1) is 0 Å². The first-order valence-electron chi connectivity index (χ1n) is 7.33. The number of imidazole rings is 1. The van der Waals surface area contributed by atoms with Crippen LogP contribution < -0.4 is 0 Å². The highest BCUT2D eigenvalue weighted by atomic mass is 16.3. The van der Waals surface area contributed by atoms with E-state index in [2.05, 4.69) is 25.4 Å². The SMILES string of the molecule is OCCN1CCCN(Cc2cn3ccccc3n2)CC1. The molecule has 108 valence electrons. The number of β-amino-alcohol motifs (C(OH)–C–C–N with tert-alkyl or cyclic N) is 1. The van der Waals surface area contributed by atoms with Crippen molar-refractivity contribution in [3.63, 3.8) is 0 Å². The fraction of sp³-hybridized carbons (Fsp3) is 0.533. The highest BCUT2D eigenvalue weighted by Crippen LogP contribution is 2.10. The van der Waals surface area contributed by atoms with Crippen LogP contribution in [0.3, 0.4) is 0 Å². The first-order chi connectivity index (χ1) is 9.85. The van der Waals surface area contributed by atoms with Gasteiger partial charge in [0.2, 0.25) is 0 Å². The van der Waals surface area contributed by atoms with Crippen molar-refractivity contribution in [1.82, 2.24) is 19.2 Å². The van der Waals surface area contributed by atoms with Gasteiger partial charge in [0.1, 0.15) is 5.65 Å². The molecule has 0 atom stereocenters. The third-order valence-electron chi connectivity index (χ3n) is 3.90. The molecule has 5 nitrogen and oxygen atoms in total. The molecule has 5 heteroatoms. The molecule has 0 aromatic carbocycles. The zero-order valence-corrected chi connectivity index (χ0v) is 11.8. The zero-order chi connectivity index (χ0) is 13.8. The minimum absolute atomic E-state index is 0.256. The lowest BCUT2D eigenvalue weighted by Gasteiger charge is -2.20. The number of nitrogens with zero attached hydrogens (tertiary/aromatic N) is 4. The summed E-state index contributed by atoms with van der Waals surface area (Å²) in [6.45, 7) is 6.24. The maximum absolute atomic E-state index is 9.02. The van der Waals surface area contributed by atoms with E-state index in [1.807, 2.05) is 24.4 Å². The van der Waals surface area contributed by atoms with Crippen LogP contribution in [0.2, 0.25) is 0 Å². The molecule has 0 spiro atoms. The van der Waals surface area contributed by atoms with Gasteiger partial charge in [0, 0.05) is 38.6 Å². The van der Waals surface area contributed by atoms with E-state index in [9.17, 15) is 0 Å². The summed E-state index contributed by atoms with van der Waals surface area (Å²) in [5.74, 6) is 0. The molecule has 1 aliphatic rings. The lowest BCUT2D eigenvalue weighted by Crippen LogP contribution is -2.32. The minimum atomic E-state index is 0.256. The molecule has 0 aliphatic carbocycles. The standard InChI is InChI=1S/C15H22N4O/c20-11-10-17-5-3-6-18(9-8-17)12-14-13-19-7-2-1-4-15(19)16-14/h1-2,4,7,13,20H,3,5-6,8-12H2. The number of fused-ring (bicyclic) bond motifs is 1. The average molecular weight is 274 g/mol. The van der Waals surface area contributed by atoms with Crippen molar-refractivity contribution in [2.24, 2.45) is 0 Å². The molecule has 1 N–H and O–H groups in total. The number of hydrogen-bond acceptors (Lipinski definition) is 4. The molecule has 3 heterocycles. The topological polar surface area (TPSA) is 44.0 Å². The number of aromatic nitrogens is 2. The summed E-state index contributed by atoms with van der Waals surface area (Å²) in [7, 11) is 0. The zero-order valence-electron chi connectivity index (χ0n) is 11.8. The quantitative estimate of drug-likeness (QED) is 0.897. The van der Waals surface area contributed by atoms with Crippen LogP contribution in [0, 0.1) is 0 Å². The lowest BCUT2D eigenvalue weighted by atomic mass is 10.3. The van der Waals surface area contributed by atoms with Gasteiger partial charge in [0.15, 0.2) is 0 Å². The van der Waals surface area contributed by atoms with Gasteiger partial charge >= 0.3 is 0 Å². The summed E-state index contributed by atoms with van der Waals surface area (Å²) in [6, 6.07) is 6.08. The molecular weight excluding hydrogens is 252 g/mol. The Morgan fingerprint density at radius 1 is 1.10 bits per heavy atom. The van der Waals surface area contributed by atoms with Crippen molar-refractivity contribution in [2.45, 2.75) is 13.0 Å². The molecule has 0 amide bonds. The van der Waals surface area contributed by atoms with Crippen LogP contribution >= 0.6 is 0 Å². The number of rotatable bonds is 4. The molecular formula is C15H22N4O. The van der Waals surface area contributed by atoms with Crippen LogP contribution in [-0.2, 0) is 6.54 Å². The summed E-state index contributed by atoms with van der Waals surface area (Å²) in [4.78, 5) is 9.45. The number of aliphatic hydroxyl groups is 1. The predicted molar refractivity (Wildman–Crippen MR) is 78.6 cm³/mol. The van der Waals surface area contributed by atoms with Crippen LogP contribution in [0.5, 0.6) is 0 Å². The van der Waals surface area contributed by atoms with Gasteiger partial charge in [-0.3, -0.25) is 9.80 Å². The van der Waals surface area contributed by atoms with E-state index in [0.717, 1.165) is 57.0 Å². The Hall–Kier alpha value is -1.43. The van der Waals surface area contributed by atoms with E-state index >= 15 is 0 Å². The molecule has 0 bridgehead atoms. The second-order valence-corrected chi connectivity index (χ2v) is 5.39. The van der Waals surface area contributed by atoms with Gasteiger partial charge in [-0.2, -0.15) is 0 Å². The van der Waals surface area contributed by atoms with Gasteiger partial charge < -0.3 is 9.51 Å². The first-order valence-corrected chi connectivity index (χ1v) is 7.33. The monoisotopic (exact) mass is 274 g/mol. The van der Waals surface area contributed by atoms with Crippen molar-refractivity contribution in [3.05, 3.63) is 36.3 Å². The van der Waals surface area contributed by atoms with Crippen LogP contribution in [0.4, 0.5) is 0 Å². The Morgan fingerprint density at radius 2 is 1.95 bits per heavy atom. The fourth-order valence-corrected chi connectivity index (χ4v) is 2.84. The summed E-state index contributed by atoms with van der Waals surface area (Å²) >= 11 is 0. The summed E-state index contributed by atoms with van der Waals surface area (Å²) < 4.78 is 2.07. The van der Waals surface area contributed by atoms with Gasteiger partial charge in [0.05, 0.1) is 12.3 Å². The van der Waals surface area contributed by atoms with Gasteiger partial charge in [-0.25, -0.2) is 4.98 Å². The van der Waals surface area contributed by atoms with E-state index in [1.54, 1.807) is 0 Å². The molecule has 0 saturated carbocycles. The smallest absolute Gasteiger partial charge is 0.137 e. The Labute approximate surface area is 119 Å². The molecule has 0 radical (unpaired) electrons. The maximum Gasteiger partial charge on any atom is 0.137 e. The van der Waals surface area contributed by atoms with E-state index in [4.69, 9.17) is 5.11 Å². The molecule has 20 heavy (non-hydrogen) atoms. The predicted octanol–water partition coefficient (Wildman–Crippen LogP) is 0.834. The molecule has 1 aliphatic heterocycles. The molecule has 2 aromatic heterocycles. The molecule has 1 saturated heterocycles. The van der Waals surface area contributed by atoms with Crippen molar-refractivity contribution < 1.29 is 5.11 Å². The Bertz CT molecular complexity index is 521. The Morgan fingerprint density at radius 3 is 2.80 bits per heavy atom. The molecule has 2 aromatic rings. The summed E-state index contributed by atoms with van der Waals surface area (Å²) in [5.41, 5.74) is 2.14. The highest BCUT2D eigenvalue weighted by molar-refractivity contribution is 5.39. The highest BCUT2D eigenvalue weighted by Gasteiger charge is 2.15. The number of pyridine rings is 1. The normalized spacial score (nSPS) is 18.4. The lowest BCUT2D eigenvalue weighted by molar-refractivity contribution is 0.195. The van der Waals surface area contributed by atoms with Gasteiger partial charge in [0.25, 0.3) is 0 Å². The summed E-state index contributed by atoms with van der Waals surface area (Å²) in [6.07, 6.45) is 5.32. The number of hydrogen-bond donors (Lipinski definition) is 1. The number of aliphatic hydroxyl groups excluding tert-OH is 1. The van der Waals surface area contributed by atoms with Crippen LogP contribution in [0.25, 0.3) is 5.65 Å². The van der Waals surface area contributed by atoms with E-state index in [-0.39, 0.29) is 6.61 Å². The van der Waals surface area contributed by atoms with Crippen molar-refractivity contribution in [3.8, 4) is 0 Å². The van der Waals surface area contributed by atoms with Crippen molar-refractivity contribution in [1.29, 1.82) is 0 Å². The van der Waals surface area contributed by atoms with Crippen LogP contribution in [0.1, 0.15) is 12.1 Å². The first kappa shape index (κ1) is 13.5. The average Bonchev–Trinajstić information content (AvgIpc) is 2.73. The maximum atomic E-state index is 9.02. The Kier molecular flexibility index (Phi) is 4.30. The second kappa shape index (κ2) is 6.35. The van der Waals surface area contributed by atoms with Crippen LogP contribution in [0.15, 0.2) is 30.6 Å². The molecule has 1 fully saturated rings. The largest absolute Gasteiger partial charge is 0.395 e. The van der Waals surface area contributed by atoms with E-state index < -0.39 is 0 Å². The molecule has 3 rings (SSSR count). The summed E-state index contributed by atoms with van der Waals surface area (Å²) in [5, 5.41) is 9.02.